The van der Waals surface area contributed by atoms with Crippen LogP contribution in [0.15, 0.2) is 18.3 Å². The van der Waals surface area contributed by atoms with Crippen molar-refractivity contribution >= 4 is 17.6 Å². The summed E-state index contributed by atoms with van der Waals surface area (Å²) >= 11 is 0. The Balaban J connectivity index is 2.70. The van der Waals surface area contributed by atoms with Gasteiger partial charge in [0.1, 0.15) is 5.69 Å². The standard InChI is InChI=1S/C11H15N3O3/c1-6(2)9(12)10(15)14-7-3-4-8(11(16)17)13-5-7/h3-6,9H,12H2,1-2H3,(H,14,15)(H,16,17)/t9-/m1/s1. The van der Waals surface area contributed by atoms with Crippen LogP contribution in [0.1, 0.15) is 24.3 Å². The highest BCUT2D eigenvalue weighted by atomic mass is 16.4. The molecule has 0 saturated heterocycles. The maximum absolute atomic E-state index is 11.6. The van der Waals surface area contributed by atoms with Crippen molar-refractivity contribution in [3.05, 3.63) is 24.0 Å². The molecule has 6 heteroatoms. The van der Waals surface area contributed by atoms with Crippen LogP contribution < -0.4 is 11.1 Å². The monoisotopic (exact) mass is 237 g/mol. The fourth-order valence-electron chi connectivity index (χ4n) is 1.12. The molecule has 1 heterocycles. The second-order valence-electron chi connectivity index (χ2n) is 4.00. The number of carbonyl (C=O) groups is 2. The molecule has 1 atom stereocenters. The first-order valence-corrected chi connectivity index (χ1v) is 5.17. The molecule has 0 radical (unpaired) electrons. The summed E-state index contributed by atoms with van der Waals surface area (Å²) in [5.41, 5.74) is 6.01. The smallest absolute Gasteiger partial charge is 0.354 e. The van der Waals surface area contributed by atoms with Crippen LogP contribution in [-0.2, 0) is 4.79 Å². The number of pyridine rings is 1. The van der Waals surface area contributed by atoms with Gasteiger partial charge in [-0.15, -0.1) is 0 Å². The maximum Gasteiger partial charge on any atom is 0.354 e. The Morgan fingerprint density at radius 2 is 2.06 bits per heavy atom. The number of nitrogens with zero attached hydrogens (tertiary/aromatic N) is 1. The zero-order valence-corrected chi connectivity index (χ0v) is 9.68. The fraction of sp³-hybridized carbons (Fsp3) is 0.364. The van der Waals surface area contributed by atoms with Gasteiger partial charge in [0.05, 0.1) is 17.9 Å². The Morgan fingerprint density at radius 3 is 2.47 bits per heavy atom. The second-order valence-corrected chi connectivity index (χ2v) is 4.00. The molecule has 1 aromatic rings. The minimum atomic E-state index is -1.11. The highest BCUT2D eigenvalue weighted by molar-refractivity contribution is 5.95. The SMILES string of the molecule is CC(C)[C@@H](N)C(=O)Nc1ccc(C(=O)O)nc1. The van der Waals surface area contributed by atoms with E-state index in [2.05, 4.69) is 10.3 Å². The Labute approximate surface area is 98.8 Å². The van der Waals surface area contributed by atoms with Crippen molar-refractivity contribution in [2.45, 2.75) is 19.9 Å². The lowest BCUT2D eigenvalue weighted by atomic mass is 10.1. The normalized spacial score (nSPS) is 12.2. The predicted molar refractivity (Wildman–Crippen MR) is 62.6 cm³/mol. The van der Waals surface area contributed by atoms with Crippen molar-refractivity contribution in [1.29, 1.82) is 0 Å². The van der Waals surface area contributed by atoms with Gasteiger partial charge in [0, 0.05) is 0 Å². The molecule has 0 aromatic carbocycles. The van der Waals surface area contributed by atoms with E-state index in [4.69, 9.17) is 10.8 Å². The van der Waals surface area contributed by atoms with Gasteiger partial charge in [-0.05, 0) is 18.1 Å². The van der Waals surface area contributed by atoms with Crippen LogP contribution in [-0.4, -0.2) is 28.0 Å². The quantitative estimate of drug-likeness (QED) is 0.714. The van der Waals surface area contributed by atoms with E-state index in [9.17, 15) is 9.59 Å². The van der Waals surface area contributed by atoms with Crippen LogP contribution in [0.2, 0.25) is 0 Å². The van der Waals surface area contributed by atoms with Gasteiger partial charge in [0.25, 0.3) is 0 Å². The van der Waals surface area contributed by atoms with Gasteiger partial charge in [0.2, 0.25) is 5.91 Å². The number of hydrogen-bond acceptors (Lipinski definition) is 4. The molecule has 0 aliphatic rings. The highest BCUT2D eigenvalue weighted by Gasteiger charge is 2.17. The van der Waals surface area contributed by atoms with E-state index < -0.39 is 12.0 Å². The minimum absolute atomic E-state index is 0.0289. The summed E-state index contributed by atoms with van der Waals surface area (Å²) in [6.07, 6.45) is 1.29. The number of nitrogens with one attached hydrogen (secondary N) is 1. The van der Waals surface area contributed by atoms with Crippen LogP contribution in [0.4, 0.5) is 5.69 Å². The third-order valence-corrected chi connectivity index (χ3v) is 2.27. The molecule has 0 bridgehead atoms. The molecular weight excluding hydrogens is 222 g/mol. The lowest BCUT2D eigenvalue weighted by Gasteiger charge is -2.15. The molecule has 0 saturated carbocycles. The van der Waals surface area contributed by atoms with Crippen LogP contribution >= 0.6 is 0 Å². The summed E-state index contributed by atoms with van der Waals surface area (Å²) in [5.74, 6) is -1.40. The molecule has 92 valence electrons. The van der Waals surface area contributed by atoms with E-state index in [0.717, 1.165) is 0 Å². The van der Waals surface area contributed by atoms with Gasteiger partial charge in [-0.1, -0.05) is 13.8 Å². The highest BCUT2D eigenvalue weighted by Crippen LogP contribution is 2.08. The first-order chi connectivity index (χ1) is 7.91. The van der Waals surface area contributed by atoms with Crippen molar-refractivity contribution in [2.75, 3.05) is 5.32 Å². The average molecular weight is 237 g/mol. The molecule has 1 aromatic heterocycles. The van der Waals surface area contributed by atoms with Crippen molar-refractivity contribution < 1.29 is 14.7 Å². The molecular formula is C11H15N3O3. The first-order valence-electron chi connectivity index (χ1n) is 5.17. The van der Waals surface area contributed by atoms with Crippen LogP contribution in [0.3, 0.4) is 0 Å². The molecule has 17 heavy (non-hydrogen) atoms. The number of hydrogen-bond donors (Lipinski definition) is 3. The van der Waals surface area contributed by atoms with Crippen molar-refractivity contribution in [3.8, 4) is 0 Å². The predicted octanol–water partition coefficient (Wildman–Crippen LogP) is 0.702. The van der Waals surface area contributed by atoms with E-state index >= 15 is 0 Å². The third kappa shape index (κ3) is 3.53. The van der Waals surface area contributed by atoms with Gasteiger partial charge in [-0.2, -0.15) is 0 Å². The van der Waals surface area contributed by atoms with Crippen molar-refractivity contribution in [1.82, 2.24) is 4.98 Å². The third-order valence-electron chi connectivity index (χ3n) is 2.27. The van der Waals surface area contributed by atoms with Crippen molar-refractivity contribution in [3.63, 3.8) is 0 Å². The molecule has 1 amide bonds. The molecule has 6 nitrogen and oxygen atoms in total. The topological polar surface area (TPSA) is 105 Å². The van der Waals surface area contributed by atoms with E-state index in [1.54, 1.807) is 0 Å². The van der Waals surface area contributed by atoms with E-state index in [1.807, 2.05) is 13.8 Å². The van der Waals surface area contributed by atoms with E-state index in [0.29, 0.717) is 5.69 Å². The summed E-state index contributed by atoms with van der Waals surface area (Å²) in [6, 6.07) is 2.19. The molecule has 0 spiro atoms. The number of carboxylic acids is 1. The summed E-state index contributed by atoms with van der Waals surface area (Å²) < 4.78 is 0. The lowest BCUT2D eigenvalue weighted by molar-refractivity contribution is -0.118. The number of amides is 1. The molecule has 4 N–H and O–H groups in total. The maximum atomic E-state index is 11.6. The first kappa shape index (κ1) is 13.1. The Hall–Kier alpha value is -1.95. The van der Waals surface area contributed by atoms with E-state index in [1.165, 1.54) is 18.3 Å². The summed E-state index contributed by atoms with van der Waals surface area (Å²) in [6.45, 7) is 3.69. The van der Waals surface area contributed by atoms with E-state index in [-0.39, 0.29) is 17.5 Å². The summed E-state index contributed by atoms with van der Waals surface area (Å²) in [4.78, 5) is 25.8. The number of anilines is 1. The number of aromatic nitrogens is 1. The van der Waals surface area contributed by atoms with Gasteiger partial charge in [-0.25, -0.2) is 9.78 Å². The van der Waals surface area contributed by atoms with Gasteiger partial charge in [0.15, 0.2) is 0 Å². The Kier molecular flexibility index (Phi) is 4.17. The zero-order chi connectivity index (χ0) is 13.0. The number of carboxylic acid groups (broad SMARTS) is 1. The fourth-order valence-corrected chi connectivity index (χ4v) is 1.12. The van der Waals surface area contributed by atoms with Gasteiger partial charge < -0.3 is 16.2 Å². The Morgan fingerprint density at radius 1 is 1.41 bits per heavy atom. The summed E-state index contributed by atoms with van der Waals surface area (Å²) in [5, 5.41) is 11.2. The van der Waals surface area contributed by atoms with Crippen molar-refractivity contribution in [2.24, 2.45) is 11.7 Å². The van der Waals surface area contributed by atoms with Gasteiger partial charge in [-0.3, -0.25) is 4.79 Å². The number of aromatic carboxylic acids is 1. The molecule has 0 aliphatic heterocycles. The summed E-state index contributed by atoms with van der Waals surface area (Å²) in [7, 11) is 0. The number of rotatable bonds is 4. The molecule has 0 aliphatic carbocycles. The number of carbonyl (C=O) groups excluding carboxylic acids is 1. The minimum Gasteiger partial charge on any atom is -0.477 e. The van der Waals surface area contributed by atoms with Gasteiger partial charge >= 0.3 is 5.97 Å². The Bertz CT molecular complexity index is 414. The van der Waals surface area contributed by atoms with Crippen LogP contribution in [0.25, 0.3) is 0 Å². The second kappa shape index (κ2) is 5.40. The van der Waals surface area contributed by atoms with Crippen LogP contribution in [0.5, 0.6) is 0 Å². The average Bonchev–Trinajstić information content (AvgIpc) is 2.28. The lowest BCUT2D eigenvalue weighted by Crippen LogP contribution is -2.39. The number of nitrogens with two attached hydrogens (primary N) is 1. The largest absolute Gasteiger partial charge is 0.477 e. The molecule has 0 unspecified atom stereocenters. The molecule has 0 fully saturated rings. The molecule has 1 rings (SSSR count). The zero-order valence-electron chi connectivity index (χ0n) is 9.68. The van der Waals surface area contributed by atoms with Crippen LogP contribution in [0, 0.1) is 5.92 Å².